The fourth-order valence-electron chi connectivity index (χ4n) is 1.86. The van der Waals surface area contributed by atoms with Crippen molar-refractivity contribution in [2.75, 3.05) is 13.1 Å². The van der Waals surface area contributed by atoms with E-state index >= 15 is 0 Å². The monoisotopic (exact) mass is 170 g/mol. The first kappa shape index (κ1) is 6.89. The van der Waals surface area contributed by atoms with Crippen LogP contribution in [0.25, 0.3) is 6.08 Å². The third-order valence-corrected chi connectivity index (χ3v) is 2.51. The lowest BCUT2D eigenvalue weighted by Gasteiger charge is -2.21. The van der Waals surface area contributed by atoms with Crippen LogP contribution in [0.2, 0.25) is 0 Å². The van der Waals surface area contributed by atoms with E-state index in [1.165, 1.54) is 11.1 Å². The van der Waals surface area contributed by atoms with E-state index in [2.05, 4.69) is 46.4 Å². The summed E-state index contributed by atoms with van der Waals surface area (Å²) in [5.41, 5.74) is 2.54. The standard InChI is InChI=1S/C11H10N2/c1-2-4-10-9(3-1)5-7-13-8-6-12-11(10)13/h1-5,7H,6,8H2. The molecule has 2 nitrogen and oxygen atoms in total. The number of hydrogen-bond donors (Lipinski definition) is 0. The molecular weight excluding hydrogens is 160 g/mol. The topological polar surface area (TPSA) is 15.6 Å². The molecule has 0 saturated carbocycles. The van der Waals surface area contributed by atoms with Gasteiger partial charge >= 0.3 is 0 Å². The summed E-state index contributed by atoms with van der Waals surface area (Å²) < 4.78 is 0. The highest BCUT2D eigenvalue weighted by molar-refractivity contribution is 6.05. The molecule has 0 amide bonds. The Labute approximate surface area is 77.2 Å². The van der Waals surface area contributed by atoms with Gasteiger partial charge in [0.1, 0.15) is 5.84 Å². The smallest absolute Gasteiger partial charge is 0.135 e. The van der Waals surface area contributed by atoms with Crippen LogP contribution in [0.4, 0.5) is 0 Å². The Kier molecular flexibility index (Phi) is 1.30. The molecule has 1 aromatic carbocycles. The highest BCUT2D eigenvalue weighted by atomic mass is 15.2. The molecule has 1 aromatic rings. The Morgan fingerprint density at radius 3 is 3.15 bits per heavy atom. The molecule has 2 aliphatic rings. The van der Waals surface area contributed by atoms with Crippen molar-refractivity contribution < 1.29 is 0 Å². The first-order valence-corrected chi connectivity index (χ1v) is 4.54. The van der Waals surface area contributed by atoms with Crippen LogP contribution in [-0.4, -0.2) is 23.8 Å². The fraction of sp³-hybridized carbons (Fsp3) is 0.182. The van der Waals surface area contributed by atoms with E-state index in [-0.39, 0.29) is 0 Å². The zero-order valence-electron chi connectivity index (χ0n) is 7.27. The molecule has 0 bridgehead atoms. The first-order valence-electron chi connectivity index (χ1n) is 4.54. The van der Waals surface area contributed by atoms with Gasteiger partial charge in [-0.25, -0.2) is 0 Å². The molecule has 2 aliphatic heterocycles. The van der Waals surface area contributed by atoms with Gasteiger partial charge in [0.2, 0.25) is 0 Å². The quantitative estimate of drug-likeness (QED) is 0.579. The van der Waals surface area contributed by atoms with Crippen LogP contribution in [0.3, 0.4) is 0 Å². The fourth-order valence-corrected chi connectivity index (χ4v) is 1.86. The Morgan fingerprint density at radius 2 is 2.15 bits per heavy atom. The van der Waals surface area contributed by atoms with E-state index < -0.39 is 0 Å². The molecule has 0 atom stereocenters. The van der Waals surface area contributed by atoms with Crippen LogP contribution < -0.4 is 0 Å². The summed E-state index contributed by atoms with van der Waals surface area (Å²) in [4.78, 5) is 6.70. The van der Waals surface area contributed by atoms with Gasteiger partial charge in [-0.1, -0.05) is 24.3 Å². The van der Waals surface area contributed by atoms with Crippen LogP contribution in [0.15, 0.2) is 35.5 Å². The molecule has 0 fully saturated rings. The van der Waals surface area contributed by atoms with Crippen LogP contribution in [0.1, 0.15) is 11.1 Å². The number of nitrogens with zero attached hydrogens (tertiary/aromatic N) is 2. The second kappa shape index (κ2) is 2.46. The summed E-state index contributed by atoms with van der Waals surface area (Å²) in [6, 6.07) is 8.39. The van der Waals surface area contributed by atoms with Crippen LogP contribution >= 0.6 is 0 Å². The molecule has 3 rings (SSSR count). The molecule has 0 radical (unpaired) electrons. The summed E-state index contributed by atoms with van der Waals surface area (Å²) in [7, 11) is 0. The summed E-state index contributed by atoms with van der Waals surface area (Å²) in [6.07, 6.45) is 4.27. The Bertz CT molecular complexity index is 404. The highest BCUT2D eigenvalue weighted by Crippen LogP contribution is 2.22. The molecule has 0 saturated heterocycles. The van der Waals surface area contributed by atoms with E-state index in [9.17, 15) is 0 Å². The number of hydrogen-bond acceptors (Lipinski definition) is 2. The van der Waals surface area contributed by atoms with Crippen molar-refractivity contribution in [3.05, 3.63) is 41.6 Å². The van der Waals surface area contributed by atoms with E-state index in [0.717, 1.165) is 18.9 Å². The lowest BCUT2D eigenvalue weighted by molar-refractivity contribution is 0.612. The molecule has 0 aliphatic carbocycles. The molecular formula is C11H10N2. The predicted molar refractivity (Wildman–Crippen MR) is 53.6 cm³/mol. The maximum Gasteiger partial charge on any atom is 0.135 e. The van der Waals surface area contributed by atoms with Gasteiger partial charge in [0, 0.05) is 18.3 Å². The number of fused-ring (bicyclic) bond motifs is 3. The number of rotatable bonds is 0. The van der Waals surface area contributed by atoms with Crippen molar-refractivity contribution in [3.63, 3.8) is 0 Å². The second-order valence-electron chi connectivity index (χ2n) is 3.30. The zero-order valence-corrected chi connectivity index (χ0v) is 7.27. The number of benzene rings is 1. The predicted octanol–water partition coefficient (Wildman–Crippen LogP) is 1.73. The molecule has 0 N–H and O–H groups in total. The minimum absolute atomic E-state index is 0.925. The highest BCUT2D eigenvalue weighted by Gasteiger charge is 2.20. The maximum atomic E-state index is 4.49. The maximum absolute atomic E-state index is 4.49. The minimum Gasteiger partial charge on any atom is -0.331 e. The molecule has 64 valence electrons. The van der Waals surface area contributed by atoms with Crippen molar-refractivity contribution in [3.8, 4) is 0 Å². The molecule has 0 aromatic heterocycles. The second-order valence-corrected chi connectivity index (χ2v) is 3.30. The van der Waals surface area contributed by atoms with Crippen molar-refractivity contribution in [1.82, 2.24) is 4.90 Å². The van der Waals surface area contributed by atoms with Crippen molar-refractivity contribution >= 4 is 11.9 Å². The van der Waals surface area contributed by atoms with Gasteiger partial charge in [-0.3, -0.25) is 4.99 Å². The van der Waals surface area contributed by atoms with Gasteiger partial charge in [0.25, 0.3) is 0 Å². The summed E-state index contributed by atoms with van der Waals surface area (Å²) in [5.74, 6) is 1.14. The molecule has 2 heterocycles. The third-order valence-electron chi connectivity index (χ3n) is 2.51. The average molecular weight is 170 g/mol. The molecule has 0 unspecified atom stereocenters. The molecule has 0 spiro atoms. The zero-order chi connectivity index (χ0) is 8.67. The van der Waals surface area contributed by atoms with Crippen molar-refractivity contribution in [2.45, 2.75) is 0 Å². The van der Waals surface area contributed by atoms with Gasteiger partial charge in [-0.2, -0.15) is 0 Å². The van der Waals surface area contributed by atoms with Crippen molar-refractivity contribution in [1.29, 1.82) is 0 Å². The SMILES string of the molecule is C1=CN2CCN=C2c2ccccc21. The average Bonchev–Trinajstić information content (AvgIpc) is 2.65. The summed E-state index contributed by atoms with van der Waals surface area (Å²) in [6.45, 7) is 1.95. The summed E-state index contributed by atoms with van der Waals surface area (Å²) in [5, 5.41) is 0. The van der Waals surface area contributed by atoms with Gasteiger partial charge in [-0.15, -0.1) is 0 Å². The largest absolute Gasteiger partial charge is 0.331 e. The summed E-state index contributed by atoms with van der Waals surface area (Å²) >= 11 is 0. The Morgan fingerprint density at radius 1 is 1.23 bits per heavy atom. The van der Waals surface area contributed by atoms with Crippen molar-refractivity contribution in [2.24, 2.45) is 4.99 Å². The lowest BCUT2D eigenvalue weighted by atomic mass is 10.0. The third kappa shape index (κ3) is 0.917. The van der Waals surface area contributed by atoms with E-state index in [1.54, 1.807) is 0 Å². The normalized spacial score (nSPS) is 18.2. The first-order chi connectivity index (χ1) is 6.45. The van der Waals surface area contributed by atoms with E-state index in [1.807, 2.05) is 0 Å². The Hall–Kier alpha value is -1.57. The Balaban J connectivity index is 2.23. The molecule has 13 heavy (non-hydrogen) atoms. The van der Waals surface area contributed by atoms with Gasteiger partial charge < -0.3 is 4.90 Å². The number of amidine groups is 1. The number of aliphatic imine (C=N–C) groups is 1. The van der Waals surface area contributed by atoms with E-state index in [0.29, 0.717) is 0 Å². The van der Waals surface area contributed by atoms with Crippen LogP contribution in [0, 0.1) is 0 Å². The van der Waals surface area contributed by atoms with Crippen LogP contribution in [0.5, 0.6) is 0 Å². The van der Waals surface area contributed by atoms with Crippen LogP contribution in [-0.2, 0) is 0 Å². The van der Waals surface area contributed by atoms with Gasteiger partial charge in [0.15, 0.2) is 0 Å². The van der Waals surface area contributed by atoms with Gasteiger partial charge in [-0.05, 0) is 11.6 Å². The lowest BCUT2D eigenvalue weighted by Crippen LogP contribution is -2.25. The van der Waals surface area contributed by atoms with E-state index in [4.69, 9.17) is 0 Å². The van der Waals surface area contributed by atoms with Gasteiger partial charge in [0.05, 0.1) is 6.54 Å². The minimum atomic E-state index is 0.925. The molecule has 2 heteroatoms.